The predicted octanol–water partition coefficient (Wildman–Crippen LogP) is 2.18. The van der Waals surface area contributed by atoms with Crippen LogP contribution in [0, 0.1) is 5.92 Å². The minimum atomic E-state index is 0.891. The molecule has 2 saturated heterocycles. The molecule has 0 saturated carbocycles. The molecule has 0 aromatic heterocycles. The van der Waals surface area contributed by atoms with Crippen molar-refractivity contribution < 1.29 is 0 Å². The van der Waals surface area contributed by atoms with Crippen molar-refractivity contribution in [2.75, 3.05) is 18.8 Å². The van der Waals surface area contributed by atoms with Crippen molar-refractivity contribution in [1.29, 1.82) is 0 Å². The molecule has 2 fully saturated rings. The van der Waals surface area contributed by atoms with Gasteiger partial charge in [0.2, 0.25) is 0 Å². The monoisotopic (exact) mass is 185 g/mol. The van der Waals surface area contributed by atoms with E-state index in [1.807, 2.05) is 0 Å². The zero-order chi connectivity index (χ0) is 8.39. The maximum absolute atomic E-state index is 4.45. The molecule has 0 spiro atoms. The number of nitrogens with zero attached hydrogens (tertiary/aromatic N) is 1. The SMILES string of the molecule is SC[C@@H]1CCCN2CCCCC12. The molecule has 0 amide bonds. The van der Waals surface area contributed by atoms with Crippen LogP contribution < -0.4 is 0 Å². The quantitative estimate of drug-likeness (QED) is 0.613. The Bertz CT molecular complexity index is 140. The van der Waals surface area contributed by atoms with Crippen LogP contribution in [0.4, 0.5) is 0 Å². The summed E-state index contributed by atoms with van der Waals surface area (Å²) in [4.78, 5) is 2.70. The third-order valence-corrected chi connectivity index (χ3v) is 3.93. The standard InChI is InChI=1S/C10H19NS/c12-8-9-4-3-7-11-6-2-1-5-10(9)11/h9-10,12H,1-8H2/t9-,10?/m0/s1. The fourth-order valence-electron chi connectivity index (χ4n) is 2.79. The van der Waals surface area contributed by atoms with Crippen LogP contribution in [0.3, 0.4) is 0 Å². The normalized spacial score (nSPS) is 37.8. The Morgan fingerprint density at radius 3 is 2.75 bits per heavy atom. The molecule has 0 radical (unpaired) electrons. The molecular formula is C10H19NS. The summed E-state index contributed by atoms with van der Waals surface area (Å²) < 4.78 is 0. The first-order valence-corrected chi connectivity index (χ1v) is 5.90. The summed E-state index contributed by atoms with van der Waals surface area (Å²) in [6.07, 6.45) is 7.14. The fraction of sp³-hybridized carbons (Fsp3) is 1.00. The van der Waals surface area contributed by atoms with Gasteiger partial charge in [0.25, 0.3) is 0 Å². The lowest BCUT2D eigenvalue weighted by Crippen LogP contribution is -2.48. The van der Waals surface area contributed by atoms with Gasteiger partial charge in [-0.15, -0.1) is 0 Å². The number of fused-ring (bicyclic) bond motifs is 1. The van der Waals surface area contributed by atoms with E-state index in [1.165, 1.54) is 45.2 Å². The molecule has 1 unspecified atom stereocenters. The molecule has 1 nitrogen and oxygen atoms in total. The second-order valence-corrected chi connectivity index (χ2v) is 4.55. The average molecular weight is 185 g/mol. The van der Waals surface area contributed by atoms with Crippen molar-refractivity contribution in [3.8, 4) is 0 Å². The Morgan fingerprint density at radius 1 is 1.08 bits per heavy atom. The van der Waals surface area contributed by atoms with Crippen molar-refractivity contribution in [3.05, 3.63) is 0 Å². The summed E-state index contributed by atoms with van der Waals surface area (Å²) >= 11 is 4.45. The van der Waals surface area contributed by atoms with Crippen LogP contribution in [0.2, 0.25) is 0 Å². The third kappa shape index (κ3) is 1.64. The number of thiol groups is 1. The number of hydrogen-bond donors (Lipinski definition) is 1. The molecule has 0 bridgehead atoms. The van der Waals surface area contributed by atoms with Crippen molar-refractivity contribution in [2.24, 2.45) is 5.92 Å². The second kappa shape index (κ2) is 4.01. The molecule has 12 heavy (non-hydrogen) atoms. The Kier molecular flexibility index (Phi) is 2.97. The minimum Gasteiger partial charge on any atom is -0.300 e. The first-order valence-electron chi connectivity index (χ1n) is 5.26. The molecule has 2 heteroatoms. The van der Waals surface area contributed by atoms with E-state index < -0.39 is 0 Å². The molecule has 2 heterocycles. The highest BCUT2D eigenvalue weighted by Crippen LogP contribution is 2.31. The van der Waals surface area contributed by atoms with E-state index in [0.29, 0.717) is 0 Å². The third-order valence-electron chi connectivity index (χ3n) is 3.46. The van der Waals surface area contributed by atoms with E-state index in [-0.39, 0.29) is 0 Å². The van der Waals surface area contributed by atoms with Gasteiger partial charge in [-0.25, -0.2) is 0 Å². The van der Waals surface area contributed by atoms with Crippen molar-refractivity contribution in [3.63, 3.8) is 0 Å². The van der Waals surface area contributed by atoms with Crippen LogP contribution >= 0.6 is 12.6 Å². The summed E-state index contributed by atoms with van der Waals surface area (Å²) in [5.41, 5.74) is 0. The highest BCUT2D eigenvalue weighted by Gasteiger charge is 2.31. The van der Waals surface area contributed by atoms with Crippen molar-refractivity contribution >= 4 is 12.6 Å². The molecule has 2 aliphatic heterocycles. The molecule has 2 atom stereocenters. The van der Waals surface area contributed by atoms with Crippen LogP contribution in [-0.4, -0.2) is 29.8 Å². The maximum atomic E-state index is 4.45. The van der Waals surface area contributed by atoms with E-state index in [4.69, 9.17) is 0 Å². The van der Waals surface area contributed by atoms with Gasteiger partial charge in [0.1, 0.15) is 0 Å². The lowest BCUT2D eigenvalue weighted by atomic mass is 9.85. The first-order chi connectivity index (χ1) is 5.92. The molecule has 0 aliphatic carbocycles. The Balaban J connectivity index is 1.99. The van der Waals surface area contributed by atoms with Gasteiger partial charge in [-0.3, -0.25) is 0 Å². The van der Waals surface area contributed by atoms with Gasteiger partial charge < -0.3 is 4.90 Å². The van der Waals surface area contributed by atoms with Gasteiger partial charge in [0, 0.05) is 6.04 Å². The summed E-state index contributed by atoms with van der Waals surface area (Å²) in [6.45, 7) is 2.71. The Labute approximate surface area is 80.9 Å². The first kappa shape index (κ1) is 8.89. The molecular weight excluding hydrogens is 166 g/mol. The summed E-state index contributed by atoms with van der Waals surface area (Å²) in [6, 6.07) is 0.894. The minimum absolute atomic E-state index is 0.891. The molecule has 0 N–H and O–H groups in total. The van der Waals surface area contributed by atoms with Crippen LogP contribution in [0.1, 0.15) is 32.1 Å². The molecule has 0 aromatic rings. The Hall–Kier alpha value is 0.310. The van der Waals surface area contributed by atoms with Gasteiger partial charge in [0.05, 0.1) is 0 Å². The highest BCUT2D eigenvalue weighted by atomic mass is 32.1. The van der Waals surface area contributed by atoms with Gasteiger partial charge in [0.15, 0.2) is 0 Å². The number of rotatable bonds is 1. The molecule has 70 valence electrons. The van der Waals surface area contributed by atoms with Crippen LogP contribution in [0.5, 0.6) is 0 Å². The zero-order valence-corrected chi connectivity index (χ0v) is 8.60. The Morgan fingerprint density at radius 2 is 1.92 bits per heavy atom. The summed E-state index contributed by atoms with van der Waals surface area (Å²) in [5, 5.41) is 0. The smallest absolute Gasteiger partial charge is 0.0131 e. The van der Waals surface area contributed by atoms with Gasteiger partial charge in [-0.1, -0.05) is 6.42 Å². The van der Waals surface area contributed by atoms with Gasteiger partial charge in [-0.2, -0.15) is 12.6 Å². The summed E-state index contributed by atoms with van der Waals surface area (Å²) in [5.74, 6) is 1.99. The molecule has 2 rings (SSSR count). The average Bonchev–Trinajstić information content (AvgIpc) is 2.17. The van der Waals surface area contributed by atoms with Crippen LogP contribution in [-0.2, 0) is 0 Å². The van der Waals surface area contributed by atoms with E-state index in [9.17, 15) is 0 Å². The van der Waals surface area contributed by atoms with Crippen molar-refractivity contribution in [2.45, 2.75) is 38.1 Å². The highest BCUT2D eigenvalue weighted by molar-refractivity contribution is 7.80. The van der Waals surface area contributed by atoms with Gasteiger partial charge in [-0.05, 0) is 50.4 Å². The van der Waals surface area contributed by atoms with E-state index in [0.717, 1.165) is 17.7 Å². The van der Waals surface area contributed by atoms with E-state index in [1.54, 1.807) is 0 Å². The maximum Gasteiger partial charge on any atom is 0.0131 e. The second-order valence-electron chi connectivity index (χ2n) is 4.18. The lowest BCUT2D eigenvalue weighted by molar-refractivity contribution is 0.0694. The lowest BCUT2D eigenvalue weighted by Gasteiger charge is -2.44. The van der Waals surface area contributed by atoms with E-state index in [2.05, 4.69) is 17.5 Å². The zero-order valence-electron chi connectivity index (χ0n) is 7.71. The predicted molar refractivity (Wildman–Crippen MR) is 55.8 cm³/mol. The molecule has 2 aliphatic rings. The molecule has 0 aromatic carbocycles. The topological polar surface area (TPSA) is 3.24 Å². The van der Waals surface area contributed by atoms with E-state index >= 15 is 0 Å². The number of hydrogen-bond acceptors (Lipinski definition) is 2. The van der Waals surface area contributed by atoms with Gasteiger partial charge >= 0.3 is 0 Å². The summed E-state index contributed by atoms with van der Waals surface area (Å²) in [7, 11) is 0. The fourth-order valence-corrected chi connectivity index (χ4v) is 3.22. The number of piperidine rings is 2. The van der Waals surface area contributed by atoms with Crippen molar-refractivity contribution in [1.82, 2.24) is 4.90 Å². The largest absolute Gasteiger partial charge is 0.300 e. The van der Waals surface area contributed by atoms with Crippen LogP contribution in [0.25, 0.3) is 0 Å². The van der Waals surface area contributed by atoms with Crippen LogP contribution in [0.15, 0.2) is 0 Å².